The van der Waals surface area contributed by atoms with Crippen LogP contribution in [0.1, 0.15) is 42.6 Å². The maximum Gasteiger partial charge on any atom is 0.337 e. The minimum atomic E-state index is -1.01. The Labute approximate surface area is 170 Å². The van der Waals surface area contributed by atoms with Gasteiger partial charge in [-0.05, 0) is 59.9 Å². The lowest BCUT2D eigenvalue weighted by Crippen LogP contribution is -2.18. The molecule has 1 atom stereocenters. The van der Waals surface area contributed by atoms with E-state index in [9.17, 15) is 9.90 Å². The largest absolute Gasteiger partial charge is 0.479 e. The number of aryl methyl sites for hydroxylation is 2. The number of halogens is 1. The first-order chi connectivity index (χ1) is 13.4. The van der Waals surface area contributed by atoms with E-state index in [-0.39, 0.29) is 0 Å². The fourth-order valence-corrected chi connectivity index (χ4v) is 3.68. The van der Waals surface area contributed by atoms with Crippen molar-refractivity contribution >= 4 is 28.3 Å². The zero-order valence-corrected chi connectivity index (χ0v) is 17.2. The second-order valence-electron chi connectivity index (χ2n) is 7.16. The summed E-state index contributed by atoms with van der Waals surface area (Å²) in [6, 6.07) is 15.8. The predicted molar refractivity (Wildman–Crippen MR) is 115 cm³/mol. The molecule has 0 radical (unpaired) electrons. The summed E-state index contributed by atoms with van der Waals surface area (Å²) in [5.74, 6) is -0.971. The van der Waals surface area contributed by atoms with Gasteiger partial charge in [0.25, 0.3) is 0 Å². The summed E-state index contributed by atoms with van der Waals surface area (Å²) < 4.78 is 5.85. The summed E-state index contributed by atoms with van der Waals surface area (Å²) in [5, 5.41) is 12.7. The van der Waals surface area contributed by atoms with E-state index in [0.29, 0.717) is 17.2 Å². The molecule has 0 amide bonds. The lowest BCUT2D eigenvalue weighted by molar-refractivity contribution is -0.151. The number of fused-ring (bicyclic) bond motifs is 1. The highest BCUT2D eigenvalue weighted by Crippen LogP contribution is 2.40. The number of aliphatic carboxylic acids is 1. The molecule has 0 aliphatic carbocycles. The second kappa shape index (κ2) is 8.76. The van der Waals surface area contributed by atoms with Crippen molar-refractivity contribution in [1.82, 2.24) is 0 Å². The van der Waals surface area contributed by atoms with Crippen molar-refractivity contribution in [3.05, 3.63) is 70.2 Å². The maximum atomic E-state index is 12.1. The zero-order chi connectivity index (χ0) is 20.3. The molecule has 0 heterocycles. The Morgan fingerprint density at radius 3 is 2.46 bits per heavy atom. The second-order valence-corrected chi connectivity index (χ2v) is 7.59. The Bertz CT molecular complexity index is 993. The summed E-state index contributed by atoms with van der Waals surface area (Å²) in [5.41, 5.74) is 4.58. The molecule has 0 saturated carbocycles. The van der Waals surface area contributed by atoms with Crippen molar-refractivity contribution in [1.29, 1.82) is 0 Å². The molecule has 3 aromatic rings. The van der Waals surface area contributed by atoms with Gasteiger partial charge in [0.1, 0.15) is 0 Å². The van der Waals surface area contributed by atoms with Crippen LogP contribution >= 0.6 is 11.6 Å². The maximum absolute atomic E-state index is 12.1. The van der Waals surface area contributed by atoms with Crippen molar-refractivity contribution in [2.45, 2.75) is 39.7 Å². The summed E-state index contributed by atoms with van der Waals surface area (Å²) in [6.07, 6.45) is 0.764. The van der Waals surface area contributed by atoms with E-state index < -0.39 is 12.1 Å². The van der Waals surface area contributed by atoms with Crippen LogP contribution in [0, 0.1) is 13.8 Å². The van der Waals surface area contributed by atoms with Crippen molar-refractivity contribution in [2.75, 3.05) is 6.61 Å². The molecule has 0 saturated heterocycles. The molecule has 0 aliphatic rings. The SMILES string of the molecule is CCCCOC(C(=O)O)c1c(C)cc2ccc(C)cc2c1-c1ccc(Cl)cc1. The number of hydrogen-bond acceptors (Lipinski definition) is 2. The number of carbonyl (C=O) groups is 1. The monoisotopic (exact) mass is 396 g/mol. The molecule has 0 spiro atoms. The van der Waals surface area contributed by atoms with Gasteiger partial charge in [0.05, 0.1) is 0 Å². The average molecular weight is 397 g/mol. The molecule has 28 heavy (non-hydrogen) atoms. The van der Waals surface area contributed by atoms with E-state index in [4.69, 9.17) is 16.3 Å². The van der Waals surface area contributed by atoms with Crippen molar-refractivity contribution in [3.8, 4) is 11.1 Å². The Hall–Kier alpha value is -2.36. The minimum Gasteiger partial charge on any atom is -0.479 e. The lowest BCUT2D eigenvalue weighted by atomic mass is 9.87. The highest BCUT2D eigenvalue weighted by molar-refractivity contribution is 6.30. The van der Waals surface area contributed by atoms with Crippen LogP contribution in [-0.4, -0.2) is 17.7 Å². The van der Waals surface area contributed by atoms with E-state index in [1.54, 1.807) is 0 Å². The van der Waals surface area contributed by atoms with Gasteiger partial charge < -0.3 is 9.84 Å². The average Bonchev–Trinajstić information content (AvgIpc) is 2.66. The molecule has 146 valence electrons. The number of carboxylic acids is 1. The van der Waals surface area contributed by atoms with Crippen LogP contribution in [-0.2, 0) is 9.53 Å². The molecule has 0 fully saturated rings. The number of ether oxygens (including phenoxy) is 1. The van der Waals surface area contributed by atoms with Crippen LogP contribution in [0.5, 0.6) is 0 Å². The first-order valence-corrected chi connectivity index (χ1v) is 9.94. The van der Waals surface area contributed by atoms with Gasteiger partial charge >= 0.3 is 5.97 Å². The van der Waals surface area contributed by atoms with Gasteiger partial charge in [-0.2, -0.15) is 0 Å². The van der Waals surface area contributed by atoms with Crippen LogP contribution in [0.4, 0.5) is 0 Å². The van der Waals surface area contributed by atoms with E-state index in [1.165, 1.54) is 0 Å². The number of carboxylic acid groups (broad SMARTS) is 1. The predicted octanol–water partition coefficient (Wildman–Crippen LogP) is 6.72. The van der Waals surface area contributed by atoms with E-state index in [1.807, 2.05) is 44.2 Å². The lowest BCUT2D eigenvalue weighted by Gasteiger charge is -2.22. The molecule has 0 bridgehead atoms. The zero-order valence-electron chi connectivity index (χ0n) is 16.5. The molecule has 4 heteroatoms. The van der Waals surface area contributed by atoms with Crippen LogP contribution in [0.2, 0.25) is 5.02 Å². The molecule has 3 rings (SSSR count). The van der Waals surface area contributed by atoms with Crippen LogP contribution in [0.15, 0.2) is 48.5 Å². The minimum absolute atomic E-state index is 0.415. The summed E-state index contributed by atoms with van der Waals surface area (Å²) >= 11 is 6.09. The third-order valence-electron chi connectivity index (χ3n) is 4.95. The normalized spacial score (nSPS) is 12.3. The molecule has 3 aromatic carbocycles. The van der Waals surface area contributed by atoms with Crippen molar-refractivity contribution < 1.29 is 14.6 Å². The third-order valence-corrected chi connectivity index (χ3v) is 5.20. The Kier molecular flexibility index (Phi) is 6.38. The van der Waals surface area contributed by atoms with E-state index in [2.05, 4.69) is 25.1 Å². The van der Waals surface area contributed by atoms with Gasteiger partial charge in [0, 0.05) is 17.2 Å². The van der Waals surface area contributed by atoms with Crippen LogP contribution in [0.3, 0.4) is 0 Å². The summed E-state index contributed by atoms with van der Waals surface area (Å²) in [6.45, 7) is 6.46. The fourth-order valence-electron chi connectivity index (χ4n) is 3.55. The van der Waals surface area contributed by atoms with Gasteiger partial charge in [-0.1, -0.05) is 66.9 Å². The number of hydrogen-bond donors (Lipinski definition) is 1. The van der Waals surface area contributed by atoms with Gasteiger partial charge in [-0.15, -0.1) is 0 Å². The first kappa shape index (κ1) is 20.4. The Morgan fingerprint density at radius 1 is 1.11 bits per heavy atom. The third kappa shape index (κ3) is 4.21. The highest BCUT2D eigenvalue weighted by Gasteiger charge is 2.27. The van der Waals surface area contributed by atoms with Gasteiger partial charge in [0.15, 0.2) is 6.10 Å². The molecule has 0 aliphatic heterocycles. The number of benzene rings is 3. The van der Waals surface area contributed by atoms with Gasteiger partial charge in [0.2, 0.25) is 0 Å². The highest BCUT2D eigenvalue weighted by atomic mass is 35.5. The Balaban J connectivity index is 2.30. The quantitative estimate of drug-likeness (QED) is 0.451. The summed E-state index contributed by atoms with van der Waals surface area (Å²) in [4.78, 5) is 12.1. The molecule has 0 aromatic heterocycles. The van der Waals surface area contributed by atoms with Gasteiger partial charge in [-0.3, -0.25) is 0 Å². The standard InChI is InChI=1S/C24H25ClO3/c1-4-5-12-28-23(24(26)27)21-16(3)14-18-7-6-15(2)13-20(18)22(21)17-8-10-19(25)11-9-17/h6-11,13-14,23H,4-5,12H2,1-3H3,(H,26,27). The topological polar surface area (TPSA) is 46.5 Å². The van der Waals surface area contributed by atoms with E-state index in [0.717, 1.165) is 45.9 Å². The van der Waals surface area contributed by atoms with Crippen LogP contribution in [0.25, 0.3) is 21.9 Å². The molecule has 1 N–H and O–H groups in total. The van der Waals surface area contributed by atoms with Crippen molar-refractivity contribution in [3.63, 3.8) is 0 Å². The fraction of sp³-hybridized carbons (Fsp3) is 0.292. The number of unbranched alkanes of at least 4 members (excludes halogenated alkanes) is 1. The Morgan fingerprint density at radius 2 is 1.82 bits per heavy atom. The van der Waals surface area contributed by atoms with Gasteiger partial charge in [-0.25, -0.2) is 4.79 Å². The molecular formula is C24H25ClO3. The van der Waals surface area contributed by atoms with E-state index >= 15 is 0 Å². The van der Waals surface area contributed by atoms with Crippen molar-refractivity contribution in [2.24, 2.45) is 0 Å². The molecular weight excluding hydrogens is 372 g/mol. The number of rotatable bonds is 7. The first-order valence-electron chi connectivity index (χ1n) is 9.56. The van der Waals surface area contributed by atoms with Crippen LogP contribution < -0.4 is 0 Å². The smallest absolute Gasteiger partial charge is 0.337 e. The summed E-state index contributed by atoms with van der Waals surface area (Å²) in [7, 11) is 0. The molecule has 1 unspecified atom stereocenters. The molecule has 3 nitrogen and oxygen atoms in total.